The van der Waals surface area contributed by atoms with Gasteiger partial charge >= 0.3 is 0 Å². The van der Waals surface area contributed by atoms with E-state index >= 15 is 0 Å². The molecular formula is C17H23NO2. The zero-order valence-corrected chi connectivity index (χ0v) is 12.6. The van der Waals surface area contributed by atoms with Gasteiger partial charge < -0.3 is 9.47 Å². The van der Waals surface area contributed by atoms with Gasteiger partial charge in [0.1, 0.15) is 11.5 Å². The Labute approximate surface area is 121 Å². The molecule has 0 aromatic heterocycles. The summed E-state index contributed by atoms with van der Waals surface area (Å²) in [7, 11) is 3.33. The van der Waals surface area contributed by atoms with Crippen molar-refractivity contribution in [3.8, 4) is 17.6 Å². The summed E-state index contributed by atoms with van der Waals surface area (Å²) in [6.07, 6.45) is 6.81. The molecule has 3 nitrogen and oxygen atoms in total. The van der Waals surface area contributed by atoms with Crippen LogP contribution in [0.25, 0.3) is 0 Å². The van der Waals surface area contributed by atoms with Crippen molar-refractivity contribution in [3.05, 3.63) is 35.4 Å². The number of hydrogen-bond acceptors (Lipinski definition) is 3. The van der Waals surface area contributed by atoms with Crippen molar-refractivity contribution in [2.24, 2.45) is 0 Å². The van der Waals surface area contributed by atoms with E-state index in [9.17, 15) is 0 Å². The highest BCUT2D eigenvalue weighted by atomic mass is 16.5. The normalized spacial score (nSPS) is 11.0. The molecule has 0 saturated carbocycles. The SMILES string of the molecule is COc1cc(CC/C=C(\C)CCCC#N)cc(OC)c1. The summed E-state index contributed by atoms with van der Waals surface area (Å²) in [5, 5.41) is 8.51. The Morgan fingerprint density at radius 2 is 1.85 bits per heavy atom. The van der Waals surface area contributed by atoms with Gasteiger partial charge in [0.25, 0.3) is 0 Å². The van der Waals surface area contributed by atoms with Crippen LogP contribution in [0.2, 0.25) is 0 Å². The molecular weight excluding hydrogens is 250 g/mol. The number of aryl methyl sites for hydroxylation is 1. The molecule has 0 aliphatic rings. The lowest BCUT2D eigenvalue weighted by Gasteiger charge is -2.08. The number of benzene rings is 1. The second-order valence-electron chi connectivity index (χ2n) is 4.82. The fourth-order valence-corrected chi connectivity index (χ4v) is 2.04. The monoisotopic (exact) mass is 273 g/mol. The van der Waals surface area contributed by atoms with Gasteiger partial charge in [0.2, 0.25) is 0 Å². The summed E-state index contributed by atoms with van der Waals surface area (Å²) < 4.78 is 10.5. The molecule has 20 heavy (non-hydrogen) atoms. The maximum absolute atomic E-state index is 8.51. The van der Waals surface area contributed by atoms with Crippen molar-refractivity contribution in [3.63, 3.8) is 0 Å². The molecule has 108 valence electrons. The third-order valence-corrected chi connectivity index (χ3v) is 3.20. The number of unbranched alkanes of at least 4 members (excludes halogenated alkanes) is 1. The first kappa shape index (κ1) is 16.1. The molecule has 1 aromatic rings. The molecule has 0 atom stereocenters. The third kappa shape index (κ3) is 5.79. The summed E-state index contributed by atoms with van der Waals surface area (Å²) in [5.74, 6) is 1.66. The summed E-state index contributed by atoms with van der Waals surface area (Å²) in [4.78, 5) is 0. The quantitative estimate of drug-likeness (QED) is 0.524. The fourth-order valence-electron chi connectivity index (χ4n) is 2.04. The van der Waals surface area contributed by atoms with Gasteiger partial charge in [-0.3, -0.25) is 0 Å². The summed E-state index contributed by atoms with van der Waals surface area (Å²) in [6, 6.07) is 8.14. The molecule has 0 saturated heterocycles. The summed E-state index contributed by atoms with van der Waals surface area (Å²) in [5.41, 5.74) is 2.57. The maximum Gasteiger partial charge on any atom is 0.122 e. The lowest BCUT2D eigenvalue weighted by atomic mass is 10.1. The predicted octanol–water partition coefficient (Wildman–Crippen LogP) is 4.28. The minimum atomic E-state index is 0.637. The van der Waals surface area contributed by atoms with Crippen LogP contribution >= 0.6 is 0 Å². The Morgan fingerprint density at radius 1 is 1.20 bits per heavy atom. The van der Waals surface area contributed by atoms with Crippen LogP contribution < -0.4 is 9.47 Å². The smallest absolute Gasteiger partial charge is 0.122 e. The molecule has 0 fully saturated rings. The molecule has 0 aliphatic carbocycles. The minimum absolute atomic E-state index is 0.637. The van der Waals surface area contributed by atoms with E-state index in [0.717, 1.165) is 37.2 Å². The molecule has 1 aromatic carbocycles. The Morgan fingerprint density at radius 3 is 2.40 bits per heavy atom. The van der Waals surface area contributed by atoms with E-state index in [0.29, 0.717) is 6.42 Å². The number of ether oxygens (including phenoxy) is 2. The van der Waals surface area contributed by atoms with Gasteiger partial charge in [0.15, 0.2) is 0 Å². The lowest BCUT2D eigenvalue weighted by molar-refractivity contribution is 0.393. The zero-order chi connectivity index (χ0) is 14.8. The van der Waals surface area contributed by atoms with E-state index < -0.39 is 0 Å². The van der Waals surface area contributed by atoms with Crippen LogP contribution in [-0.2, 0) is 6.42 Å². The zero-order valence-electron chi connectivity index (χ0n) is 12.6. The number of nitrogens with zero attached hydrogens (tertiary/aromatic N) is 1. The van der Waals surface area contributed by atoms with E-state index in [1.165, 1.54) is 11.1 Å². The second kappa shape index (κ2) is 9.03. The molecule has 0 N–H and O–H groups in total. The van der Waals surface area contributed by atoms with Crippen LogP contribution in [0.5, 0.6) is 11.5 Å². The third-order valence-electron chi connectivity index (χ3n) is 3.20. The van der Waals surface area contributed by atoms with Gasteiger partial charge in [-0.15, -0.1) is 0 Å². The highest BCUT2D eigenvalue weighted by Gasteiger charge is 2.01. The number of hydrogen-bond donors (Lipinski definition) is 0. The van der Waals surface area contributed by atoms with Gasteiger partial charge in [-0.25, -0.2) is 0 Å². The average molecular weight is 273 g/mol. The van der Waals surface area contributed by atoms with E-state index in [1.807, 2.05) is 18.2 Å². The van der Waals surface area contributed by atoms with Gasteiger partial charge in [0.05, 0.1) is 20.3 Å². The van der Waals surface area contributed by atoms with E-state index in [4.69, 9.17) is 14.7 Å². The lowest BCUT2D eigenvalue weighted by Crippen LogP contribution is -1.91. The molecule has 1 rings (SSSR count). The van der Waals surface area contributed by atoms with Crippen molar-refractivity contribution < 1.29 is 9.47 Å². The standard InChI is InChI=1S/C17H23NO2/c1-14(7-4-5-10-18)8-6-9-15-11-16(19-2)13-17(12-15)20-3/h8,11-13H,4-7,9H2,1-3H3/b14-8+. The summed E-state index contributed by atoms with van der Waals surface area (Å²) in [6.45, 7) is 2.13. The molecule has 0 radical (unpaired) electrons. The van der Waals surface area contributed by atoms with Crippen LogP contribution in [0.4, 0.5) is 0 Å². The first-order chi connectivity index (χ1) is 9.69. The Balaban J connectivity index is 2.52. The van der Waals surface area contributed by atoms with Crippen LogP contribution in [0.15, 0.2) is 29.8 Å². The predicted molar refractivity (Wildman–Crippen MR) is 81.1 cm³/mol. The Bertz CT molecular complexity index is 464. The number of allylic oxidation sites excluding steroid dienone is 2. The largest absolute Gasteiger partial charge is 0.497 e. The Kier molecular flexibility index (Phi) is 7.27. The minimum Gasteiger partial charge on any atom is -0.497 e. The van der Waals surface area contributed by atoms with Crippen LogP contribution in [0.1, 0.15) is 38.2 Å². The van der Waals surface area contributed by atoms with Crippen molar-refractivity contribution in [2.75, 3.05) is 14.2 Å². The first-order valence-corrected chi connectivity index (χ1v) is 6.94. The molecule has 3 heteroatoms. The van der Waals surface area contributed by atoms with Crippen molar-refractivity contribution in [1.29, 1.82) is 5.26 Å². The first-order valence-electron chi connectivity index (χ1n) is 6.94. The molecule has 0 heterocycles. The topological polar surface area (TPSA) is 42.2 Å². The maximum atomic E-state index is 8.51. The van der Waals surface area contributed by atoms with Gasteiger partial charge in [-0.1, -0.05) is 11.6 Å². The average Bonchev–Trinajstić information content (AvgIpc) is 2.47. The number of methoxy groups -OCH3 is 2. The highest BCUT2D eigenvalue weighted by molar-refractivity contribution is 5.38. The second-order valence-corrected chi connectivity index (χ2v) is 4.82. The number of nitriles is 1. The van der Waals surface area contributed by atoms with E-state index in [2.05, 4.69) is 19.1 Å². The summed E-state index contributed by atoms with van der Waals surface area (Å²) >= 11 is 0. The van der Waals surface area contributed by atoms with Crippen molar-refractivity contribution in [2.45, 2.75) is 39.0 Å². The fraction of sp³-hybridized carbons (Fsp3) is 0.471. The van der Waals surface area contributed by atoms with Crippen LogP contribution in [0, 0.1) is 11.3 Å². The molecule has 0 amide bonds. The Hall–Kier alpha value is -1.95. The molecule has 0 aliphatic heterocycles. The van der Waals surface area contributed by atoms with Gasteiger partial charge in [0, 0.05) is 12.5 Å². The van der Waals surface area contributed by atoms with Crippen LogP contribution in [-0.4, -0.2) is 14.2 Å². The number of rotatable bonds is 8. The molecule has 0 spiro atoms. The van der Waals surface area contributed by atoms with E-state index in [1.54, 1.807) is 14.2 Å². The van der Waals surface area contributed by atoms with Crippen molar-refractivity contribution >= 4 is 0 Å². The van der Waals surface area contributed by atoms with Gasteiger partial charge in [-0.05, 0) is 50.3 Å². The highest BCUT2D eigenvalue weighted by Crippen LogP contribution is 2.23. The molecule has 0 bridgehead atoms. The molecule has 0 unspecified atom stereocenters. The van der Waals surface area contributed by atoms with E-state index in [-0.39, 0.29) is 0 Å². The van der Waals surface area contributed by atoms with Gasteiger partial charge in [-0.2, -0.15) is 5.26 Å². The van der Waals surface area contributed by atoms with Crippen molar-refractivity contribution in [1.82, 2.24) is 0 Å². The van der Waals surface area contributed by atoms with Crippen LogP contribution in [0.3, 0.4) is 0 Å².